The number of nitrogens with one attached hydrogen (secondary N) is 2. The summed E-state index contributed by atoms with van der Waals surface area (Å²) in [6.45, 7) is 1.29. The Balaban J connectivity index is 2.41. The summed E-state index contributed by atoms with van der Waals surface area (Å²) < 4.78 is 4.75. The van der Waals surface area contributed by atoms with Gasteiger partial charge in [0.15, 0.2) is 6.61 Å². The lowest BCUT2D eigenvalue weighted by molar-refractivity contribution is -0.123. The lowest BCUT2D eigenvalue weighted by Gasteiger charge is -2.04. The van der Waals surface area contributed by atoms with E-state index in [9.17, 15) is 14.4 Å². The Bertz CT molecular complexity index is 441. The predicted octanol–water partition coefficient (Wildman–Crippen LogP) is 0.669. The highest BCUT2D eigenvalue weighted by molar-refractivity contribution is 7.12. The van der Waals surface area contributed by atoms with E-state index in [1.165, 1.54) is 18.4 Å². The molecule has 1 heterocycles. The molecule has 1 rings (SSSR count). The largest absolute Gasteiger partial charge is 0.451 e. The van der Waals surface area contributed by atoms with Gasteiger partial charge < -0.3 is 10.1 Å². The SMILES string of the molecule is CNC(=O)NC(=O)COC(=O)c1sccc1C. The first-order chi connectivity index (χ1) is 8.04. The van der Waals surface area contributed by atoms with E-state index in [2.05, 4.69) is 5.32 Å². The van der Waals surface area contributed by atoms with Crippen molar-refractivity contribution in [3.63, 3.8) is 0 Å². The van der Waals surface area contributed by atoms with Crippen molar-refractivity contribution in [2.45, 2.75) is 6.92 Å². The molecular weight excluding hydrogens is 244 g/mol. The summed E-state index contributed by atoms with van der Waals surface area (Å²) in [6, 6.07) is 1.14. The maximum atomic E-state index is 11.5. The first-order valence-corrected chi connectivity index (χ1v) is 5.65. The van der Waals surface area contributed by atoms with Crippen molar-refractivity contribution < 1.29 is 19.1 Å². The highest BCUT2D eigenvalue weighted by Crippen LogP contribution is 2.16. The van der Waals surface area contributed by atoms with E-state index >= 15 is 0 Å². The Labute approximate surface area is 102 Å². The van der Waals surface area contributed by atoms with Gasteiger partial charge in [0.05, 0.1) is 0 Å². The average molecular weight is 256 g/mol. The third-order valence-electron chi connectivity index (χ3n) is 1.86. The number of hydrogen-bond acceptors (Lipinski definition) is 5. The third-order valence-corrected chi connectivity index (χ3v) is 2.86. The van der Waals surface area contributed by atoms with E-state index in [0.29, 0.717) is 4.88 Å². The second-order valence-corrected chi connectivity index (χ2v) is 4.05. The number of rotatable bonds is 3. The van der Waals surface area contributed by atoms with Gasteiger partial charge in [-0.1, -0.05) is 0 Å². The van der Waals surface area contributed by atoms with Gasteiger partial charge in [-0.15, -0.1) is 11.3 Å². The molecule has 0 atom stereocenters. The topological polar surface area (TPSA) is 84.5 Å². The van der Waals surface area contributed by atoms with Crippen LogP contribution in [-0.4, -0.2) is 31.6 Å². The highest BCUT2D eigenvalue weighted by atomic mass is 32.1. The summed E-state index contributed by atoms with van der Waals surface area (Å²) in [4.78, 5) is 33.8. The molecule has 0 aliphatic carbocycles. The highest BCUT2D eigenvalue weighted by Gasteiger charge is 2.14. The quantitative estimate of drug-likeness (QED) is 0.778. The molecule has 1 aromatic heterocycles. The van der Waals surface area contributed by atoms with E-state index in [4.69, 9.17) is 4.74 Å². The van der Waals surface area contributed by atoms with Crippen LogP contribution in [-0.2, 0) is 9.53 Å². The minimum absolute atomic E-state index is 0.456. The number of amides is 3. The fraction of sp³-hybridized carbons (Fsp3) is 0.300. The number of thiophene rings is 1. The van der Waals surface area contributed by atoms with Gasteiger partial charge in [-0.05, 0) is 23.9 Å². The molecule has 0 aliphatic heterocycles. The zero-order valence-corrected chi connectivity index (χ0v) is 10.2. The van der Waals surface area contributed by atoms with Crippen molar-refractivity contribution in [3.8, 4) is 0 Å². The molecule has 92 valence electrons. The first-order valence-electron chi connectivity index (χ1n) is 4.77. The van der Waals surface area contributed by atoms with Crippen LogP contribution in [0.5, 0.6) is 0 Å². The lowest BCUT2D eigenvalue weighted by atomic mass is 10.3. The van der Waals surface area contributed by atoms with Crippen molar-refractivity contribution in [3.05, 3.63) is 21.9 Å². The summed E-state index contributed by atoms with van der Waals surface area (Å²) in [5, 5.41) is 5.95. The normalized spacial score (nSPS) is 9.53. The molecule has 2 N–H and O–H groups in total. The Kier molecular flexibility index (Phi) is 4.65. The Hall–Kier alpha value is -1.89. The second kappa shape index (κ2) is 6.00. The van der Waals surface area contributed by atoms with Crippen LogP contribution in [0, 0.1) is 6.92 Å². The maximum Gasteiger partial charge on any atom is 0.349 e. The fourth-order valence-corrected chi connectivity index (χ4v) is 1.82. The van der Waals surface area contributed by atoms with Crippen molar-refractivity contribution in [2.75, 3.05) is 13.7 Å². The number of esters is 1. The summed E-state index contributed by atoms with van der Waals surface area (Å²) in [5.74, 6) is -1.24. The van der Waals surface area contributed by atoms with Gasteiger partial charge in [0.25, 0.3) is 5.91 Å². The summed E-state index contributed by atoms with van der Waals surface area (Å²) in [5.41, 5.74) is 0.798. The molecule has 0 fully saturated rings. The molecule has 0 saturated carbocycles. The fourth-order valence-electron chi connectivity index (χ4n) is 1.00. The first kappa shape index (κ1) is 13.2. The summed E-state index contributed by atoms with van der Waals surface area (Å²) in [6.07, 6.45) is 0. The van der Waals surface area contributed by atoms with Gasteiger partial charge in [0, 0.05) is 7.05 Å². The number of urea groups is 1. The van der Waals surface area contributed by atoms with Crippen molar-refractivity contribution in [1.82, 2.24) is 10.6 Å². The molecule has 0 radical (unpaired) electrons. The molecule has 0 aliphatic rings. The van der Waals surface area contributed by atoms with Crippen LogP contribution < -0.4 is 10.6 Å². The molecule has 0 aromatic carbocycles. The smallest absolute Gasteiger partial charge is 0.349 e. The molecule has 17 heavy (non-hydrogen) atoms. The molecule has 3 amide bonds. The average Bonchev–Trinajstić information content (AvgIpc) is 2.72. The minimum Gasteiger partial charge on any atom is -0.451 e. The molecule has 0 unspecified atom stereocenters. The van der Waals surface area contributed by atoms with Crippen molar-refractivity contribution in [2.24, 2.45) is 0 Å². The van der Waals surface area contributed by atoms with Gasteiger partial charge in [-0.3, -0.25) is 10.1 Å². The third kappa shape index (κ3) is 3.87. The van der Waals surface area contributed by atoms with Gasteiger partial charge in [0.1, 0.15) is 4.88 Å². The van der Waals surface area contributed by atoms with Crippen molar-refractivity contribution >= 4 is 29.2 Å². The molecule has 1 aromatic rings. The number of carbonyl (C=O) groups excluding carboxylic acids is 3. The number of carbonyl (C=O) groups is 3. The second-order valence-electron chi connectivity index (χ2n) is 3.14. The molecule has 0 saturated heterocycles. The minimum atomic E-state index is -0.674. The molecular formula is C10H12N2O4S. The monoisotopic (exact) mass is 256 g/mol. The molecule has 0 spiro atoms. The van der Waals surface area contributed by atoms with Crippen molar-refractivity contribution in [1.29, 1.82) is 0 Å². The zero-order valence-electron chi connectivity index (χ0n) is 9.40. The lowest BCUT2D eigenvalue weighted by Crippen LogP contribution is -2.39. The van der Waals surface area contributed by atoms with Gasteiger partial charge in [0.2, 0.25) is 0 Å². The molecule has 6 nitrogen and oxygen atoms in total. The van der Waals surface area contributed by atoms with Crippen LogP contribution in [0.25, 0.3) is 0 Å². The van der Waals surface area contributed by atoms with Gasteiger partial charge in [-0.25, -0.2) is 9.59 Å². The van der Waals surface area contributed by atoms with Gasteiger partial charge in [-0.2, -0.15) is 0 Å². The number of aryl methyl sites for hydroxylation is 1. The Morgan fingerprint density at radius 1 is 1.41 bits per heavy atom. The summed E-state index contributed by atoms with van der Waals surface area (Å²) >= 11 is 1.24. The van der Waals surface area contributed by atoms with Crippen LogP contribution in [0.3, 0.4) is 0 Å². The molecule has 0 bridgehead atoms. The summed E-state index contributed by atoms with van der Waals surface area (Å²) in [7, 11) is 1.38. The van der Waals surface area contributed by atoms with Crippen LogP contribution in [0.2, 0.25) is 0 Å². The molecule has 7 heteroatoms. The Morgan fingerprint density at radius 2 is 2.12 bits per heavy atom. The number of ether oxygens (including phenoxy) is 1. The van der Waals surface area contributed by atoms with Crippen LogP contribution in [0.15, 0.2) is 11.4 Å². The van der Waals surface area contributed by atoms with Crippen LogP contribution in [0.1, 0.15) is 15.2 Å². The predicted molar refractivity (Wildman–Crippen MR) is 61.9 cm³/mol. The van der Waals surface area contributed by atoms with E-state index in [1.54, 1.807) is 18.4 Å². The van der Waals surface area contributed by atoms with E-state index in [1.807, 2.05) is 5.32 Å². The number of imide groups is 1. The van der Waals surface area contributed by atoms with Gasteiger partial charge >= 0.3 is 12.0 Å². The number of hydrogen-bond donors (Lipinski definition) is 2. The standard InChI is InChI=1S/C10H12N2O4S/c1-6-3-4-17-8(6)9(14)16-5-7(13)12-10(15)11-2/h3-4H,5H2,1-2H3,(H2,11,12,13,15). The van der Waals surface area contributed by atoms with E-state index < -0.39 is 24.5 Å². The van der Waals surface area contributed by atoms with Crippen LogP contribution in [0.4, 0.5) is 4.79 Å². The van der Waals surface area contributed by atoms with E-state index in [-0.39, 0.29) is 0 Å². The zero-order chi connectivity index (χ0) is 12.8. The van der Waals surface area contributed by atoms with Crippen LogP contribution >= 0.6 is 11.3 Å². The Morgan fingerprint density at radius 3 is 2.65 bits per heavy atom. The van der Waals surface area contributed by atoms with E-state index in [0.717, 1.165) is 5.56 Å². The maximum absolute atomic E-state index is 11.5.